The average molecular weight is 184 g/mol. The van der Waals surface area contributed by atoms with E-state index < -0.39 is 0 Å². The molecule has 2 aliphatic heterocycles. The monoisotopic (exact) mass is 184 g/mol. The molecule has 0 aromatic carbocycles. The summed E-state index contributed by atoms with van der Waals surface area (Å²) < 4.78 is 0. The summed E-state index contributed by atoms with van der Waals surface area (Å²) in [4.78, 5) is 13.1. The number of fused-ring (bicyclic) bond motifs is 1. The molecule has 2 aliphatic rings. The number of hydrogen-bond acceptors (Lipinski definition) is 2. The summed E-state index contributed by atoms with van der Waals surface area (Å²) in [7, 11) is 0. The van der Waals surface area contributed by atoms with E-state index in [9.17, 15) is 4.79 Å². The molecule has 0 spiro atoms. The third-order valence-corrected chi connectivity index (χ3v) is 2.80. The first-order valence-corrected chi connectivity index (χ1v) is 5.29. The van der Waals surface area contributed by atoms with Crippen molar-refractivity contribution in [1.82, 2.24) is 10.2 Å². The van der Waals surface area contributed by atoms with Crippen molar-refractivity contribution in [2.75, 3.05) is 13.1 Å². The lowest BCUT2D eigenvalue weighted by molar-refractivity contribution is -0.129. The quantitative estimate of drug-likeness (QED) is 0.609. The van der Waals surface area contributed by atoms with Crippen LogP contribution in [-0.2, 0) is 4.79 Å². The van der Waals surface area contributed by atoms with Crippen molar-refractivity contribution in [1.29, 1.82) is 0 Å². The van der Waals surface area contributed by atoms with E-state index >= 15 is 0 Å². The van der Waals surface area contributed by atoms with Gasteiger partial charge in [0.1, 0.15) is 0 Å². The maximum atomic E-state index is 11.1. The summed E-state index contributed by atoms with van der Waals surface area (Å²) >= 11 is 0. The summed E-state index contributed by atoms with van der Waals surface area (Å²) in [5, 5.41) is 3.41. The molecule has 0 saturated carbocycles. The molecule has 2 atom stereocenters. The highest BCUT2D eigenvalue weighted by Gasteiger charge is 2.38. The first-order valence-electron chi connectivity index (χ1n) is 5.29. The first kappa shape index (κ1) is 10.5. The molecule has 13 heavy (non-hydrogen) atoms. The van der Waals surface area contributed by atoms with E-state index in [1.165, 1.54) is 0 Å². The van der Waals surface area contributed by atoms with Gasteiger partial charge in [0.05, 0.1) is 0 Å². The summed E-state index contributed by atoms with van der Waals surface area (Å²) in [6.45, 7) is 7.71. The minimum atomic E-state index is 0.237. The molecule has 0 aromatic heterocycles. The highest BCUT2D eigenvalue weighted by Crippen LogP contribution is 2.24. The topological polar surface area (TPSA) is 32.3 Å². The predicted molar refractivity (Wildman–Crippen MR) is 53.5 cm³/mol. The highest BCUT2D eigenvalue weighted by molar-refractivity contribution is 5.74. The summed E-state index contributed by atoms with van der Waals surface area (Å²) in [5.74, 6) is 0.237. The van der Waals surface area contributed by atoms with Crippen molar-refractivity contribution < 1.29 is 4.79 Å². The van der Waals surface area contributed by atoms with Crippen molar-refractivity contribution >= 4 is 5.91 Å². The van der Waals surface area contributed by atoms with Gasteiger partial charge in [0.2, 0.25) is 5.91 Å². The van der Waals surface area contributed by atoms with Gasteiger partial charge in [0.25, 0.3) is 0 Å². The summed E-state index contributed by atoms with van der Waals surface area (Å²) in [6.07, 6.45) is 2.29. The van der Waals surface area contributed by atoms with Gasteiger partial charge in [0.15, 0.2) is 0 Å². The Morgan fingerprint density at radius 1 is 1.38 bits per heavy atom. The Morgan fingerprint density at radius 3 is 2.69 bits per heavy atom. The Kier molecular flexibility index (Phi) is 3.72. The SMILES string of the molecule is CC.CC(=O)N1CCC2NCCC21. The number of carbonyl (C=O) groups excluding carboxylic acids is 1. The number of carbonyl (C=O) groups is 1. The maximum Gasteiger partial charge on any atom is 0.219 e. The van der Waals surface area contributed by atoms with E-state index in [1.807, 2.05) is 18.7 Å². The van der Waals surface area contributed by atoms with E-state index in [0.717, 1.165) is 25.9 Å². The molecule has 0 aromatic rings. The molecule has 76 valence electrons. The number of amides is 1. The van der Waals surface area contributed by atoms with Crippen molar-refractivity contribution in [3.8, 4) is 0 Å². The number of rotatable bonds is 0. The summed E-state index contributed by atoms with van der Waals surface area (Å²) in [6, 6.07) is 1.10. The van der Waals surface area contributed by atoms with Crippen LogP contribution in [0.15, 0.2) is 0 Å². The van der Waals surface area contributed by atoms with Gasteiger partial charge in [-0.1, -0.05) is 13.8 Å². The van der Waals surface area contributed by atoms with Crippen molar-refractivity contribution in [2.45, 2.75) is 45.7 Å². The Balaban J connectivity index is 0.000000396. The van der Waals surface area contributed by atoms with Gasteiger partial charge in [-0.15, -0.1) is 0 Å². The molecule has 1 amide bonds. The fraction of sp³-hybridized carbons (Fsp3) is 0.900. The third kappa shape index (κ3) is 2.02. The zero-order chi connectivity index (χ0) is 9.84. The molecule has 0 bridgehead atoms. The van der Waals surface area contributed by atoms with E-state index in [1.54, 1.807) is 6.92 Å². The Morgan fingerprint density at radius 2 is 2.08 bits per heavy atom. The van der Waals surface area contributed by atoms with Crippen LogP contribution in [0.25, 0.3) is 0 Å². The molecule has 3 nitrogen and oxygen atoms in total. The Labute approximate surface area is 80.5 Å². The van der Waals surface area contributed by atoms with E-state index in [0.29, 0.717) is 12.1 Å². The molecule has 2 heterocycles. The van der Waals surface area contributed by atoms with Crippen LogP contribution >= 0.6 is 0 Å². The van der Waals surface area contributed by atoms with Gasteiger partial charge in [-0.3, -0.25) is 4.79 Å². The van der Waals surface area contributed by atoms with Crippen LogP contribution in [0.3, 0.4) is 0 Å². The fourth-order valence-corrected chi connectivity index (χ4v) is 2.26. The van der Waals surface area contributed by atoms with Crippen LogP contribution in [0, 0.1) is 0 Å². The van der Waals surface area contributed by atoms with Crippen LogP contribution in [0.4, 0.5) is 0 Å². The minimum Gasteiger partial charge on any atom is -0.338 e. The van der Waals surface area contributed by atoms with Crippen molar-refractivity contribution in [2.24, 2.45) is 0 Å². The van der Waals surface area contributed by atoms with E-state index in [2.05, 4.69) is 5.32 Å². The van der Waals surface area contributed by atoms with Gasteiger partial charge < -0.3 is 10.2 Å². The molecule has 0 aliphatic carbocycles. The van der Waals surface area contributed by atoms with Crippen LogP contribution < -0.4 is 5.32 Å². The van der Waals surface area contributed by atoms with Gasteiger partial charge in [-0.25, -0.2) is 0 Å². The lowest BCUT2D eigenvalue weighted by atomic mass is 10.1. The second kappa shape index (κ2) is 4.61. The van der Waals surface area contributed by atoms with Gasteiger partial charge >= 0.3 is 0 Å². The number of hydrogen-bond donors (Lipinski definition) is 1. The van der Waals surface area contributed by atoms with Gasteiger partial charge in [-0.2, -0.15) is 0 Å². The maximum absolute atomic E-state index is 11.1. The number of likely N-dealkylation sites (tertiary alicyclic amines) is 1. The molecule has 3 heteroatoms. The largest absolute Gasteiger partial charge is 0.338 e. The van der Waals surface area contributed by atoms with Gasteiger partial charge in [0, 0.05) is 25.6 Å². The van der Waals surface area contributed by atoms with Crippen molar-refractivity contribution in [3.05, 3.63) is 0 Å². The molecule has 2 fully saturated rings. The van der Waals surface area contributed by atoms with Crippen molar-refractivity contribution in [3.63, 3.8) is 0 Å². The molecule has 2 saturated heterocycles. The van der Waals surface area contributed by atoms with Crippen LogP contribution in [0.2, 0.25) is 0 Å². The molecule has 0 radical (unpaired) electrons. The van der Waals surface area contributed by atoms with Gasteiger partial charge in [-0.05, 0) is 19.4 Å². The number of nitrogens with one attached hydrogen (secondary N) is 1. The Bertz CT molecular complexity index is 182. The zero-order valence-corrected chi connectivity index (χ0v) is 8.84. The lowest BCUT2D eigenvalue weighted by Crippen LogP contribution is -2.37. The third-order valence-electron chi connectivity index (χ3n) is 2.80. The predicted octanol–water partition coefficient (Wildman–Crippen LogP) is 0.995. The second-order valence-corrected chi connectivity index (χ2v) is 3.42. The molecular weight excluding hydrogens is 164 g/mol. The van der Waals surface area contributed by atoms with E-state index in [4.69, 9.17) is 0 Å². The Hall–Kier alpha value is -0.570. The minimum absolute atomic E-state index is 0.237. The van der Waals surface area contributed by atoms with Crippen LogP contribution in [0.5, 0.6) is 0 Å². The average Bonchev–Trinajstić information content (AvgIpc) is 2.66. The fourth-order valence-electron chi connectivity index (χ4n) is 2.26. The lowest BCUT2D eigenvalue weighted by Gasteiger charge is -2.21. The molecule has 2 rings (SSSR count). The summed E-state index contributed by atoms with van der Waals surface area (Å²) in [5.41, 5.74) is 0. The normalized spacial score (nSPS) is 30.8. The molecule has 1 N–H and O–H groups in total. The van der Waals surface area contributed by atoms with E-state index in [-0.39, 0.29) is 5.91 Å². The molecule has 2 unspecified atom stereocenters. The zero-order valence-electron chi connectivity index (χ0n) is 8.84. The smallest absolute Gasteiger partial charge is 0.219 e. The first-order chi connectivity index (χ1) is 6.29. The standard InChI is InChI=1S/C8H14N2O.C2H6/c1-6(11)10-5-3-7-8(10)2-4-9-7;1-2/h7-9H,2-5H2,1H3;1-2H3. The molecular formula is C10H20N2O. The van der Waals surface area contributed by atoms with Crippen LogP contribution in [0.1, 0.15) is 33.6 Å². The highest BCUT2D eigenvalue weighted by atomic mass is 16.2. The second-order valence-electron chi connectivity index (χ2n) is 3.42. The number of nitrogens with zero attached hydrogens (tertiary/aromatic N) is 1. The van der Waals surface area contributed by atoms with Crippen LogP contribution in [-0.4, -0.2) is 36.0 Å².